The number of methoxy groups -OCH3 is 1. The third-order valence-electron chi connectivity index (χ3n) is 1.96. The molecule has 0 spiro atoms. The molecule has 0 amide bonds. The summed E-state index contributed by atoms with van der Waals surface area (Å²) in [5.74, 6) is 0.775. The second-order valence-electron chi connectivity index (χ2n) is 3.25. The quantitative estimate of drug-likeness (QED) is 0.853. The number of rotatable bonds is 4. The Kier molecular flexibility index (Phi) is 3.57. The molecule has 0 aliphatic heterocycles. The number of aryl methyl sites for hydroxylation is 1. The summed E-state index contributed by atoms with van der Waals surface area (Å²) in [6, 6.07) is 5.21. The highest BCUT2D eigenvalue weighted by molar-refractivity contribution is 7.92. The average Bonchev–Trinajstić information content (AvgIpc) is 2.15. The molecule has 15 heavy (non-hydrogen) atoms. The lowest BCUT2D eigenvalue weighted by Gasteiger charge is -2.09. The number of anilines is 1. The number of hydrogen-bond donors (Lipinski definition) is 1. The fourth-order valence-electron chi connectivity index (χ4n) is 1.33. The van der Waals surface area contributed by atoms with Crippen molar-refractivity contribution >= 4 is 15.7 Å². The summed E-state index contributed by atoms with van der Waals surface area (Å²) in [6.45, 7) is 1.99. The van der Waals surface area contributed by atoms with Crippen LogP contribution in [0.25, 0.3) is 0 Å². The van der Waals surface area contributed by atoms with Gasteiger partial charge in [-0.2, -0.15) is 0 Å². The predicted molar refractivity (Wildman–Crippen MR) is 60.8 cm³/mol. The molecule has 0 aliphatic rings. The van der Waals surface area contributed by atoms with Crippen LogP contribution >= 0.6 is 0 Å². The Bertz CT molecular complexity index is 440. The Labute approximate surface area is 90.3 Å². The molecule has 4 nitrogen and oxygen atoms in total. The lowest BCUT2D eigenvalue weighted by atomic mass is 10.1. The molecule has 1 rings (SSSR count). The van der Waals surface area contributed by atoms with E-state index >= 15 is 0 Å². The predicted octanol–water partition coefficient (Wildman–Crippen LogP) is 1.63. The van der Waals surface area contributed by atoms with Crippen molar-refractivity contribution in [1.82, 2.24) is 0 Å². The Hall–Kier alpha value is -1.23. The first kappa shape index (κ1) is 11.8. The molecular weight excluding hydrogens is 214 g/mol. The Morgan fingerprint density at radius 3 is 2.53 bits per heavy atom. The molecule has 0 saturated carbocycles. The number of benzene rings is 1. The first-order valence-electron chi connectivity index (χ1n) is 4.61. The SMILES string of the molecule is CCc1cc(NS(C)(=O)=O)ccc1OC. The van der Waals surface area contributed by atoms with Gasteiger partial charge in [-0.1, -0.05) is 6.92 Å². The van der Waals surface area contributed by atoms with E-state index in [1.54, 1.807) is 25.3 Å². The van der Waals surface area contributed by atoms with Gasteiger partial charge in [0.25, 0.3) is 0 Å². The molecule has 1 N–H and O–H groups in total. The van der Waals surface area contributed by atoms with Crippen molar-refractivity contribution in [2.24, 2.45) is 0 Å². The molecule has 0 saturated heterocycles. The summed E-state index contributed by atoms with van der Waals surface area (Å²) in [5, 5.41) is 0. The highest BCUT2D eigenvalue weighted by Crippen LogP contribution is 2.23. The van der Waals surface area contributed by atoms with Crippen molar-refractivity contribution in [2.45, 2.75) is 13.3 Å². The van der Waals surface area contributed by atoms with Crippen LogP contribution in [0.15, 0.2) is 18.2 Å². The summed E-state index contributed by atoms with van der Waals surface area (Å²) in [6.07, 6.45) is 1.92. The van der Waals surface area contributed by atoms with Crippen LogP contribution in [0.3, 0.4) is 0 Å². The second-order valence-corrected chi connectivity index (χ2v) is 5.00. The van der Waals surface area contributed by atoms with Crippen molar-refractivity contribution in [2.75, 3.05) is 18.1 Å². The van der Waals surface area contributed by atoms with Crippen LogP contribution in [0.4, 0.5) is 5.69 Å². The van der Waals surface area contributed by atoms with Crippen LogP contribution in [0.2, 0.25) is 0 Å². The maximum Gasteiger partial charge on any atom is 0.229 e. The number of nitrogens with one attached hydrogen (secondary N) is 1. The molecule has 0 radical (unpaired) electrons. The third-order valence-corrected chi connectivity index (χ3v) is 2.57. The minimum absolute atomic E-state index is 0.565. The van der Waals surface area contributed by atoms with E-state index in [1.807, 2.05) is 6.92 Å². The largest absolute Gasteiger partial charge is 0.496 e. The van der Waals surface area contributed by atoms with E-state index in [-0.39, 0.29) is 0 Å². The molecule has 84 valence electrons. The number of hydrogen-bond acceptors (Lipinski definition) is 3. The van der Waals surface area contributed by atoms with Gasteiger partial charge in [0.1, 0.15) is 5.75 Å². The van der Waals surface area contributed by atoms with Crippen molar-refractivity contribution in [3.8, 4) is 5.75 Å². The third kappa shape index (κ3) is 3.43. The molecule has 1 aromatic carbocycles. The molecule has 5 heteroatoms. The summed E-state index contributed by atoms with van der Waals surface area (Å²) in [5.41, 5.74) is 1.54. The van der Waals surface area contributed by atoms with Gasteiger partial charge in [0.2, 0.25) is 10.0 Å². The Morgan fingerprint density at radius 1 is 1.40 bits per heavy atom. The fraction of sp³-hybridized carbons (Fsp3) is 0.400. The molecule has 0 atom stereocenters. The van der Waals surface area contributed by atoms with Gasteiger partial charge >= 0.3 is 0 Å². The van der Waals surface area contributed by atoms with Crippen LogP contribution in [0.1, 0.15) is 12.5 Å². The van der Waals surface area contributed by atoms with Crippen molar-refractivity contribution in [3.63, 3.8) is 0 Å². The molecule has 0 fully saturated rings. The van der Waals surface area contributed by atoms with Crippen molar-refractivity contribution in [1.29, 1.82) is 0 Å². The minimum Gasteiger partial charge on any atom is -0.496 e. The van der Waals surface area contributed by atoms with Gasteiger partial charge in [-0.25, -0.2) is 8.42 Å². The average molecular weight is 229 g/mol. The highest BCUT2D eigenvalue weighted by atomic mass is 32.2. The van der Waals surface area contributed by atoms with E-state index in [9.17, 15) is 8.42 Å². The minimum atomic E-state index is -3.21. The lowest BCUT2D eigenvalue weighted by Crippen LogP contribution is -2.09. The van der Waals surface area contributed by atoms with E-state index in [0.717, 1.165) is 24.0 Å². The van der Waals surface area contributed by atoms with Crippen LogP contribution < -0.4 is 9.46 Å². The smallest absolute Gasteiger partial charge is 0.229 e. The fourth-order valence-corrected chi connectivity index (χ4v) is 1.89. The van der Waals surface area contributed by atoms with Gasteiger partial charge in [-0.3, -0.25) is 4.72 Å². The van der Waals surface area contributed by atoms with Gasteiger partial charge in [-0.05, 0) is 30.2 Å². The van der Waals surface area contributed by atoms with Gasteiger partial charge in [0, 0.05) is 5.69 Å². The summed E-state index contributed by atoms with van der Waals surface area (Å²) < 4.78 is 29.6. The van der Waals surface area contributed by atoms with Crippen LogP contribution in [0.5, 0.6) is 5.75 Å². The summed E-state index contributed by atoms with van der Waals surface area (Å²) in [4.78, 5) is 0. The maximum absolute atomic E-state index is 11.0. The zero-order valence-electron chi connectivity index (χ0n) is 9.07. The number of ether oxygens (including phenoxy) is 1. The van der Waals surface area contributed by atoms with Gasteiger partial charge in [0.05, 0.1) is 13.4 Å². The van der Waals surface area contributed by atoms with E-state index in [1.165, 1.54) is 0 Å². The van der Waals surface area contributed by atoms with Crippen LogP contribution in [-0.4, -0.2) is 21.8 Å². The maximum atomic E-state index is 11.0. The molecular formula is C10H15NO3S. The Morgan fingerprint density at radius 2 is 2.07 bits per heavy atom. The molecule has 1 aromatic rings. The van der Waals surface area contributed by atoms with E-state index in [2.05, 4.69) is 4.72 Å². The topological polar surface area (TPSA) is 55.4 Å². The Balaban J connectivity index is 3.03. The zero-order valence-corrected chi connectivity index (χ0v) is 9.89. The first-order chi connectivity index (χ1) is 6.96. The normalized spacial score (nSPS) is 11.1. The molecule has 0 aromatic heterocycles. The molecule has 0 bridgehead atoms. The first-order valence-corrected chi connectivity index (χ1v) is 6.50. The monoisotopic (exact) mass is 229 g/mol. The van der Waals surface area contributed by atoms with Crippen LogP contribution in [-0.2, 0) is 16.4 Å². The van der Waals surface area contributed by atoms with Crippen molar-refractivity contribution in [3.05, 3.63) is 23.8 Å². The molecule has 0 aliphatic carbocycles. The standard InChI is InChI=1S/C10H15NO3S/c1-4-8-7-9(11-15(3,12)13)5-6-10(8)14-2/h5-7,11H,4H2,1-3H3. The van der Waals surface area contributed by atoms with Gasteiger partial charge in [-0.15, -0.1) is 0 Å². The summed E-state index contributed by atoms with van der Waals surface area (Å²) in [7, 11) is -1.62. The van der Waals surface area contributed by atoms with E-state index in [4.69, 9.17) is 4.74 Å². The van der Waals surface area contributed by atoms with Crippen LogP contribution in [0, 0.1) is 0 Å². The summed E-state index contributed by atoms with van der Waals surface area (Å²) >= 11 is 0. The second kappa shape index (κ2) is 4.53. The lowest BCUT2D eigenvalue weighted by molar-refractivity contribution is 0.410. The highest BCUT2D eigenvalue weighted by Gasteiger charge is 2.05. The molecule has 0 unspecified atom stereocenters. The van der Waals surface area contributed by atoms with Gasteiger partial charge in [0.15, 0.2) is 0 Å². The van der Waals surface area contributed by atoms with E-state index < -0.39 is 10.0 Å². The van der Waals surface area contributed by atoms with E-state index in [0.29, 0.717) is 5.69 Å². The number of sulfonamides is 1. The zero-order chi connectivity index (χ0) is 11.5. The van der Waals surface area contributed by atoms with Crippen molar-refractivity contribution < 1.29 is 13.2 Å². The molecule has 0 heterocycles. The van der Waals surface area contributed by atoms with Gasteiger partial charge < -0.3 is 4.74 Å².